The Morgan fingerprint density at radius 1 is 1.15 bits per heavy atom. The molecular weight excluding hydrogens is 502 g/mol. The maximum absolute atomic E-state index is 12.0. The van der Waals surface area contributed by atoms with Gasteiger partial charge in [0.05, 0.1) is 24.9 Å². The number of ether oxygens (including phenoxy) is 1. The molecule has 2 N–H and O–H groups in total. The zero-order chi connectivity index (χ0) is 27.9. The lowest BCUT2D eigenvalue weighted by Crippen LogP contribution is -2.59. The second-order valence-electron chi connectivity index (χ2n) is 11.9. The fraction of sp³-hybridized carbons (Fsp3) is 0.516. The lowest BCUT2D eigenvalue weighted by atomic mass is 9.98. The molecule has 1 aliphatic carbocycles. The predicted molar refractivity (Wildman–Crippen MR) is 159 cm³/mol. The van der Waals surface area contributed by atoms with Crippen molar-refractivity contribution in [2.24, 2.45) is 5.41 Å². The van der Waals surface area contributed by atoms with E-state index in [1.54, 1.807) is 11.9 Å². The molecule has 0 unspecified atom stereocenters. The summed E-state index contributed by atoms with van der Waals surface area (Å²) in [6, 6.07) is 13.8. The summed E-state index contributed by atoms with van der Waals surface area (Å²) in [5.41, 5.74) is 5.01. The van der Waals surface area contributed by atoms with Gasteiger partial charge >= 0.3 is 12.0 Å². The summed E-state index contributed by atoms with van der Waals surface area (Å²) in [6.07, 6.45) is 4.19. The largest absolute Gasteiger partial charge is 0.463 e. The van der Waals surface area contributed by atoms with E-state index in [4.69, 9.17) is 14.7 Å². The van der Waals surface area contributed by atoms with E-state index >= 15 is 0 Å². The first-order valence-corrected chi connectivity index (χ1v) is 14.5. The SMILES string of the molecule is CCc1cccc2cccc(N3CCc4c(nc(OCC5(CN(C)C)CC5)nc4NC4CN(C(=O)NC)C4)C3)c12. The molecule has 212 valence electrons. The van der Waals surface area contributed by atoms with E-state index in [0.29, 0.717) is 32.3 Å². The van der Waals surface area contributed by atoms with Gasteiger partial charge in [0.2, 0.25) is 0 Å². The standard InChI is InChI=1S/C31H41N7O2/c1-5-21-8-6-9-22-10-7-11-26(27(21)22)37-15-12-24-25(18-37)34-29(40-20-31(13-14-31)19-36(3)4)35-28(24)33-23-16-38(17-23)30(39)32-2/h6-11,23H,5,12-20H2,1-4H3,(H,32,39)(H,33,34,35). The second-order valence-corrected chi connectivity index (χ2v) is 11.9. The van der Waals surface area contributed by atoms with E-state index in [2.05, 4.69) is 77.9 Å². The molecule has 1 saturated carbocycles. The summed E-state index contributed by atoms with van der Waals surface area (Å²) in [7, 11) is 5.90. The quantitative estimate of drug-likeness (QED) is 0.423. The molecule has 1 aromatic heterocycles. The number of benzene rings is 2. The van der Waals surface area contributed by atoms with Crippen LogP contribution in [0.4, 0.5) is 16.3 Å². The number of carbonyl (C=O) groups excluding carboxylic acids is 1. The fourth-order valence-electron chi connectivity index (χ4n) is 6.25. The lowest BCUT2D eigenvalue weighted by Gasteiger charge is -2.40. The Morgan fingerprint density at radius 2 is 1.93 bits per heavy atom. The van der Waals surface area contributed by atoms with E-state index in [0.717, 1.165) is 43.0 Å². The molecular formula is C31H41N7O2. The topological polar surface area (TPSA) is 85.9 Å². The fourth-order valence-corrected chi connectivity index (χ4v) is 6.25. The van der Waals surface area contributed by atoms with Gasteiger partial charge in [-0.1, -0.05) is 37.3 Å². The molecule has 0 bridgehead atoms. The molecule has 3 aromatic rings. The van der Waals surface area contributed by atoms with E-state index in [9.17, 15) is 4.79 Å². The van der Waals surface area contributed by atoms with Gasteiger partial charge in [-0.05, 0) is 56.8 Å². The summed E-state index contributed by atoms with van der Waals surface area (Å²) < 4.78 is 6.32. The minimum Gasteiger partial charge on any atom is -0.463 e. The highest BCUT2D eigenvalue weighted by molar-refractivity contribution is 5.97. The van der Waals surface area contributed by atoms with Gasteiger partial charge in [0, 0.05) is 55.3 Å². The number of hydrogen-bond donors (Lipinski definition) is 2. The average Bonchev–Trinajstić information content (AvgIpc) is 3.70. The highest BCUT2D eigenvalue weighted by Crippen LogP contribution is 2.46. The maximum atomic E-state index is 12.0. The van der Waals surface area contributed by atoms with Crippen molar-refractivity contribution >= 4 is 28.3 Å². The number of nitrogens with one attached hydrogen (secondary N) is 2. The van der Waals surface area contributed by atoms with Gasteiger partial charge in [-0.3, -0.25) is 0 Å². The number of fused-ring (bicyclic) bond motifs is 2. The van der Waals surface area contributed by atoms with Crippen molar-refractivity contribution in [3.8, 4) is 6.01 Å². The summed E-state index contributed by atoms with van der Waals surface area (Å²) in [5, 5.41) is 8.94. The molecule has 9 heteroatoms. The number of carbonyl (C=O) groups is 1. The number of anilines is 2. The Kier molecular flexibility index (Phi) is 7.16. The van der Waals surface area contributed by atoms with Crippen LogP contribution in [0.15, 0.2) is 36.4 Å². The van der Waals surface area contributed by atoms with Crippen LogP contribution in [-0.2, 0) is 19.4 Å². The minimum atomic E-state index is -0.0420. The zero-order valence-corrected chi connectivity index (χ0v) is 24.2. The third-order valence-electron chi connectivity index (χ3n) is 8.57. The van der Waals surface area contributed by atoms with Crippen LogP contribution in [-0.4, -0.2) is 85.8 Å². The molecule has 6 rings (SSSR count). The molecule has 0 spiro atoms. The summed E-state index contributed by atoms with van der Waals surface area (Å²) in [6.45, 7) is 6.77. The molecule has 3 aliphatic rings. The van der Waals surface area contributed by atoms with E-state index in [-0.39, 0.29) is 17.5 Å². The van der Waals surface area contributed by atoms with Gasteiger partial charge in [-0.2, -0.15) is 9.97 Å². The van der Waals surface area contributed by atoms with Crippen LogP contribution in [0.25, 0.3) is 10.8 Å². The monoisotopic (exact) mass is 543 g/mol. The van der Waals surface area contributed by atoms with Gasteiger partial charge in [0.1, 0.15) is 5.82 Å². The molecule has 2 aromatic carbocycles. The number of likely N-dealkylation sites (tertiary alicyclic amines) is 1. The highest BCUT2D eigenvalue weighted by Gasteiger charge is 2.44. The van der Waals surface area contributed by atoms with Gasteiger partial charge in [-0.25, -0.2) is 4.79 Å². The van der Waals surface area contributed by atoms with Crippen molar-refractivity contribution in [1.29, 1.82) is 0 Å². The second kappa shape index (κ2) is 10.8. The molecule has 2 amide bonds. The number of amides is 2. The van der Waals surface area contributed by atoms with Gasteiger partial charge in [0.25, 0.3) is 0 Å². The van der Waals surface area contributed by atoms with Crippen molar-refractivity contribution < 1.29 is 9.53 Å². The first-order chi connectivity index (χ1) is 19.4. The van der Waals surface area contributed by atoms with Crippen molar-refractivity contribution in [1.82, 2.24) is 25.1 Å². The molecule has 3 heterocycles. The number of aryl methyl sites for hydroxylation is 1. The molecule has 2 fully saturated rings. The molecule has 9 nitrogen and oxygen atoms in total. The Balaban J connectivity index is 1.28. The molecule has 0 radical (unpaired) electrons. The van der Waals surface area contributed by atoms with E-state index in [1.165, 1.54) is 34.9 Å². The Hall–Kier alpha value is -3.59. The number of aromatic nitrogens is 2. The summed E-state index contributed by atoms with van der Waals surface area (Å²) in [4.78, 5) is 28.3. The van der Waals surface area contributed by atoms with Crippen LogP contribution < -0.4 is 20.3 Å². The Labute approximate surface area is 236 Å². The summed E-state index contributed by atoms with van der Waals surface area (Å²) in [5.74, 6) is 0.853. The van der Waals surface area contributed by atoms with Crippen LogP contribution in [0.1, 0.15) is 36.6 Å². The van der Waals surface area contributed by atoms with Crippen molar-refractivity contribution in [3.63, 3.8) is 0 Å². The third kappa shape index (κ3) is 5.27. The first kappa shape index (κ1) is 26.6. The van der Waals surface area contributed by atoms with E-state index < -0.39 is 0 Å². The Bertz CT molecular complexity index is 1390. The third-order valence-corrected chi connectivity index (χ3v) is 8.57. The number of hydrogen-bond acceptors (Lipinski definition) is 7. The van der Waals surface area contributed by atoms with Crippen molar-refractivity contribution in [2.45, 2.75) is 45.2 Å². The number of rotatable bonds is 9. The summed E-state index contributed by atoms with van der Waals surface area (Å²) >= 11 is 0. The highest BCUT2D eigenvalue weighted by atomic mass is 16.5. The molecule has 40 heavy (non-hydrogen) atoms. The van der Waals surface area contributed by atoms with Gasteiger partial charge in [-0.15, -0.1) is 0 Å². The Morgan fingerprint density at radius 3 is 2.62 bits per heavy atom. The van der Waals surface area contributed by atoms with E-state index in [1.807, 2.05) is 0 Å². The van der Waals surface area contributed by atoms with Gasteiger partial charge < -0.3 is 30.1 Å². The number of nitrogens with zero attached hydrogens (tertiary/aromatic N) is 5. The smallest absolute Gasteiger partial charge is 0.318 e. The lowest BCUT2D eigenvalue weighted by molar-refractivity contribution is 0.160. The van der Waals surface area contributed by atoms with Crippen molar-refractivity contribution in [2.75, 3.05) is 64.1 Å². The predicted octanol–water partition coefficient (Wildman–Crippen LogP) is 3.91. The van der Waals surface area contributed by atoms with Gasteiger partial charge in [0.15, 0.2) is 0 Å². The zero-order valence-electron chi connectivity index (χ0n) is 24.2. The molecule has 0 atom stereocenters. The van der Waals surface area contributed by atoms with Crippen LogP contribution in [0.3, 0.4) is 0 Å². The van der Waals surface area contributed by atoms with Crippen LogP contribution in [0, 0.1) is 5.41 Å². The number of urea groups is 1. The molecule has 2 aliphatic heterocycles. The van der Waals surface area contributed by atoms with Crippen LogP contribution in [0.2, 0.25) is 0 Å². The average molecular weight is 544 g/mol. The van der Waals surface area contributed by atoms with Crippen LogP contribution >= 0.6 is 0 Å². The minimum absolute atomic E-state index is 0.0420. The molecule has 1 saturated heterocycles. The van der Waals surface area contributed by atoms with Crippen LogP contribution in [0.5, 0.6) is 6.01 Å². The maximum Gasteiger partial charge on any atom is 0.318 e. The normalized spacial score (nSPS) is 17.9. The van der Waals surface area contributed by atoms with Crippen molar-refractivity contribution in [3.05, 3.63) is 53.2 Å². The first-order valence-electron chi connectivity index (χ1n) is 14.5.